The minimum atomic E-state index is 0.445. The van der Waals surface area contributed by atoms with Gasteiger partial charge in [0.1, 0.15) is 0 Å². The maximum absolute atomic E-state index is 5.94. The molecule has 23 heavy (non-hydrogen) atoms. The van der Waals surface area contributed by atoms with E-state index in [2.05, 4.69) is 30.8 Å². The molecule has 120 valence electrons. The summed E-state index contributed by atoms with van der Waals surface area (Å²) in [6.07, 6.45) is 8.79. The molecule has 0 unspecified atom stereocenters. The molecular weight excluding hydrogens is 294 g/mol. The Morgan fingerprint density at radius 2 is 1.57 bits per heavy atom. The van der Waals surface area contributed by atoms with E-state index in [1.54, 1.807) is 18.6 Å². The second kappa shape index (κ2) is 6.34. The largest absolute Gasteiger partial charge is 0.394 e. The molecule has 4 N–H and O–H groups in total. The fourth-order valence-electron chi connectivity index (χ4n) is 2.02. The van der Waals surface area contributed by atoms with Crippen molar-refractivity contribution in [3.63, 3.8) is 0 Å². The molecule has 0 aliphatic rings. The Bertz CT molecular complexity index is 789. The fourth-order valence-corrected chi connectivity index (χ4v) is 2.02. The topological polar surface area (TPSA) is 112 Å². The number of hydrogen-bond acceptors (Lipinski definition) is 7. The maximum Gasteiger partial charge on any atom is 0.229 e. The third-order valence-corrected chi connectivity index (χ3v) is 3.25. The van der Waals surface area contributed by atoms with Crippen molar-refractivity contribution in [1.82, 2.24) is 29.5 Å². The van der Waals surface area contributed by atoms with Crippen molar-refractivity contribution in [3.8, 4) is 0 Å². The Labute approximate surface area is 133 Å². The summed E-state index contributed by atoms with van der Waals surface area (Å²) >= 11 is 0. The summed E-state index contributed by atoms with van der Waals surface area (Å²) < 4.78 is 3.63. The van der Waals surface area contributed by atoms with Crippen molar-refractivity contribution in [2.75, 3.05) is 16.4 Å². The molecule has 0 aliphatic heterocycles. The first kappa shape index (κ1) is 14.8. The first-order valence-electron chi connectivity index (χ1n) is 7.39. The summed E-state index contributed by atoms with van der Waals surface area (Å²) in [6.45, 7) is 5.65. The van der Waals surface area contributed by atoms with Gasteiger partial charge in [-0.2, -0.15) is 15.2 Å². The van der Waals surface area contributed by atoms with Gasteiger partial charge >= 0.3 is 0 Å². The second-order valence-electron chi connectivity index (χ2n) is 4.92. The van der Waals surface area contributed by atoms with E-state index in [1.807, 2.05) is 35.6 Å². The van der Waals surface area contributed by atoms with Gasteiger partial charge in [-0.1, -0.05) is 0 Å². The molecule has 9 heteroatoms. The zero-order valence-electron chi connectivity index (χ0n) is 13.1. The fraction of sp³-hybridized carbons (Fsp3) is 0.286. The van der Waals surface area contributed by atoms with E-state index in [0.717, 1.165) is 24.5 Å². The average Bonchev–Trinajstić information content (AvgIpc) is 3.19. The van der Waals surface area contributed by atoms with Crippen LogP contribution in [0.3, 0.4) is 0 Å². The normalized spacial score (nSPS) is 10.7. The smallest absolute Gasteiger partial charge is 0.229 e. The van der Waals surface area contributed by atoms with E-state index in [9.17, 15) is 0 Å². The highest BCUT2D eigenvalue weighted by Crippen LogP contribution is 2.22. The van der Waals surface area contributed by atoms with Crippen LogP contribution in [0.4, 0.5) is 28.8 Å². The van der Waals surface area contributed by atoms with Gasteiger partial charge in [-0.05, 0) is 13.8 Å². The Morgan fingerprint density at radius 1 is 0.957 bits per heavy atom. The molecule has 0 aliphatic carbocycles. The SMILES string of the molecule is CCn1cc(Nc2ncc(N)c(Nc3cnn(CC)c3)n2)cn1. The minimum absolute atomic E-state index is 0.445. The molecule has 3 heterocycles. The Morgan fingerprint density at radius 3 is 2.13 bits per heavy atom. The zero-order chi connectivity index (χ0) is 16.2. The Balaban J connectivity index is 1.78. The van der Waals surface area contributed by atoms with Crippen LogP contribution in [0.15, 0.2) is 31.0 Å². The lowest BCUT2D eigenvalue weighted by Gasteiger charge is -2.08. The van der Waals surface area contributed by atoms with Crippen LogP contribution in [0.1, 0.15) is 13.8 Å². The van der Waals surface area contributed by atoms with Gasteiger partial charge in [-0.15, -0.1) is 0 Å². The van der Waals surface area contributed by atoms with Crippen LogP contribution >= 0.6 is 0 Å². The predicted octanol–water partition coefficient (Wildman–Crippen LogP) is 1.98. The van der Waals surface area contributed by atoms with Crippen LogP contribution in [-0.4, -0.2) is 29.5 Å². The number of aromatic nitrogens is 6. The molecule has 0 atom stereocenters. The van der Waals surface area contributed by atoms with E-state index >= 15 is 0 Å². The molecule has 0 radical (unpaired) electrons. The molecule has 0 spiro atoms. The van der Waals surface area contributed by atoms with Crippen molar-refractivity contribution in [2.24, 2.45) is 0 Å². The number of anilines is 5. The van der Waals surface area contributed by atoms with Gasteiger partial charge in [-0.3, -0.25) is 9.36 Å². The number of rotatable bonds is 6. The lowest BCUT2D eigenvalue weighted by molar-refractivity contribution is 0.660. The molecule has 9 nitrogen and oxygen atoms in total. The van der Waals surface area contributed by atoms with Gasteiger partial charge in [0.2, 0.25) is 5.95 Å². The summed E-state index contributed by atoms with van der Waals surface area (Å²) in [5.41, 5.74) is 8.04. The summed E-state index contributed by atoms with van der Waals surface area (Å²) in [4.78, 5) is 8.59. The Hall–Kier alpha value is -3.10. The zero-order valence-corrected chi connectivity index (χ0v) is 13.1. The molecule has 0 fully saturated rings. The van der Waals surface area contributed by atoms with E-state index in [4.69, 9.17) is 5.73 Å². The van der Waals surface area contributed by atoms with Crippen LogP contribution in [0.2, 0.25) is 0 Å². The number of nitrogen functional groups attached to an aromatic ring is 1. The van der Waals surface area contributed by atoms with Gasteiger partial charge in [-0.25, -0.2) is 4.98 Å². The summed E-state index contributed by atoms with van der Waals surface area (Å²) in [6, 6.07) is 0. The van der Waals surface area contributed by atoms with Crippen molar-refractivity contribution in [2.45, 2.75) is 26.9 Å². The number of aryl methyl sites for hydroxylation is 2. The van der Waals surface area contributed by atoms with Gasteiger partial charge in [0, 0.05) is 25.5 Å². The van der Waals surface area contributed by atoms with E-state index < -0.39 is 0 Å². The second-order valence-corrected chi connectivity index (χ2v) is 4.92. The van der Waals surface area contributed by atoms with Crippen LogP contribution in [-0.2, 0) is 13.1 Å². The highest BCUT2D eigenvalue weighted by atomic mass is 15.3. The summed E-state index contributed by atoms with van der Waals surface area (Å²) in [7, 11) is 0. The lowest BCUT2D eigenvalue weighted by Crippen LogP contribution is -2.04. The highest BCUT2D eigenvalue weighted by Gasteiger charge is 2.07. The number of nitrogens with one attached hydrogen (secondary N) is 2. The molecule has 3 aromatic heterocycles. The van der Waals surface area contributed by atoms with E-state index in [1.165, 1.54) is 0 Å². The maximum atomic E-state index is 5.94. The predicted molar refractivity (Wildman–Crippen MR) is 88.8 cm³/mol. The first-order chi connectivity index (χ1) is 11.2. The van der Waals surface area contributed by atoms with Crippen LogP contribution < -0.4 is 16.4 Å². The van der Waals surface area contributed by atoms with Gasteiger partial charge in [0.05, 0.1) is 35.7 Å². The standard InChI is InChI=1S/C14H19N9/c1-3-22-8-10(5-17-22)19-13-12(15)7-16-14(21-13)20-11-6-18-23(4-2)9-11/h5-9H,3-4,15H2,1-2H3,(H2,16,19,20,21). The number of nitrogens with zero attached hydrogens (tertiary/aromatic N) is 6. The van der Waals surface area contributed by atoms with Crippen molar-refractivity contribution < 1.29 is 0 Å². The third-order valence-electron chi connectivity index (χ3n) is 3.25. The van der Waals surface area contributed by atoms with E-state index in [0.29, 0.717) is 17.5 Å². The summed E-state index contributed by atoms with van der Waals surface area (Å²) in [5.74, 6) is 0.973. The van der Waals surface area contributed by atoms with Crippen LogP contribution in [0, 0.1) is 0 Å². The van der Waals surface area contributed by atoms with Crippen molar-refractivity contribution in [3.05, 3.63) is 31.0 Å². The molecule has 0 aromatic carbocycles. The van der Waals surface area contributed by atoms with Crippen molar-refractivity contribution in [1.29, 1.82) is 0 Å². The average molecular weight is 313 g/mol. The quantitative estimate of drug-likeness (QED) is 0.638. The molecular formula is C14H19N9. The molecule has 0 saturated heterocycles. The first-order valence-corrected chi connectivity index (χ1v) is 7.39. The third kappa shape index (κ3) is 3.39. The molecule has 0 bridgehead atoms. The Kier molecular flexibility index (Phi) is 4.09. The van der Waals surface area contributed by atoms with Crippen LogP contribution in [0.5, 0.6) is 0 Å². The van der Waals surface area contributed by atoms with Gasteiger partial charge in [0.25, 0.3) is 0 Å². The van der Waals surface area contributed by atoms with E-state index in [-0.39, 0.29) is 0 Å². The minimum Gasteiger partial charge on any atom is -0.394 e. The molecule has 3 rings (SSSR count). The summed E-state index contributed by atoms with van der Waals surface area (Å²) in [5, 5.41) is 14.7. The number of hydrogen-bond donors (Lipinski definition) is 3. The lowest BCUT2D eigenvalue weighted by atomic mass is 10.4. The van der Waals surface area contributed by atoms with Gasteiger partial charge in [0.15, 0.2) is 5.82 Å². The molecule has 0 saturated carbocycles. The highest BCUT2D eigenvalue weighted by molar-refractivity contribution is 5.69. The van der Waals surface area contributed by atoms with Crippen LogP contribution in [0.25, 0.3) is 0 Å². The van der Waals surface area contributed by atoms with Gasteiger partial charge < -0.3 is 16.4 Å². The number of nitrogens with two attached hydrogens (primary N) is 1. The monoisotopic (exact) mass is 313 g/mol. The van der Waals surface area contributed by atoms with Crippen molar-refractivity contribution >= 4 is 28.8 Å². The molecule has 3 aromatic rings. The molecule has 0 amide bonds.